The molecule has 1 saturated heterocycles. The van der Waals surface area contributed by atoms with Crippen LogP contribution in [0.5, 0.6) is 0 Å². The second-order valence-corrected chi connectivity index (χ2v) is 10.9. The fourth-order valence-electron chi connectivity index (χ4n) is 2.04. The molecule has 2 heterocycles. The molecule has 23 heavy (non-hydrogen) atoms. The van der Waals surface area contributed by atoms with Crippen molar-refractivity contribution in [3.05, 3.63) is 18.2 Å². The summed E-state index contributed by atoms with van der Waals surface area (Å²) in [6.07, 6.45) is 3.27. The molecule has 0 saturated carbocycles. The molecule has 7 nitrogen and oxygen atoms in total. The van der Waals surface area contributed by atoms with Crippen molar-refractivity contribution in [2.45, 2.75) is 50.2 Å². The normalized spacial score (nSPS) is 19.9. The van der Waals surface area contributed by atoms with Gasteiger partial charge < -0.3 is 0 Å². The second-order valence-electron chi connectivity index (χ2n) is 6.32. The molecule has 1 aromatic rings. The van der Waals surface area contributed by atoms with Crippen LogP contribution in [0.4, 0.5) is 4.79 Å². The first-order chi connectivity index (χ1) is 10.8. The number of amides is 1. The van der Waals surface area contributed by atoms with E-state index in [1.54, 1.807) is 20.8 Å². The second kappa shape index (κ2) is 7.70. The summed E-state index contributed by atoms with van der Waals surface area (Å²) >= 11 is 0.533. The molecule has 4 N–H and O–H groups in total. The van der Waals surface area contributed by atoms with Crippen LogP contribution in [0.25, 0.3) is 0 Å². The number of ether oxygens (including phenoxy) is 1. The maximum atomic E-state index is 12.4. The molecule has 1 aliphatic heterocycles. The van der Waals surface area contributed by atoms with Gasteiger partial charge >= 0.3 is 145 Å². The Morgan fingerprint density at radius 3 is 2.91 bits per heavy atom. The molecule has 0 radical (unpaired) electrons. The molecular weight excluding hydrogens is 383 g/mol. The maximum absolute atomic E-state index is 12.4. The van der Waals surface area contributed by atoms with Crippen molar-refractivity contribution in [2.75, 3.05) is 5.75 Å². The topological polar surface area (TPSA) is 101 Å². The molecule has 0 aliphatic carbocycles. The molecule has 1 fully saturated rings. The zero-order chi connectivity index (χ0) is 17.0. The number of quaternary nitrogens is 1. The van der Waals surface area contributed by atoms with Crippen LogP contribution in [-0.4, -0.2) is 52.8 Å². The van der Waals surface area contributed by atoms with E-state index in [1.165, 1.54) is 17.1 Å². The van der Waals surface area contributed by atoms with Crippen LogP contribution >= 0.6 is 10.2 Å². The van der Waals surface area contributed by atoms with Gasteiger partial charge in [-0.3, -0.25) is 0 Å². The minimum atomic E-state index is -0.702. The fraction of sp³-hybridized carbons (Fsp3) is 0.643. The van der Waals surface area contributed by atoms with Crippen LogP contribution in [0.2, 0.25) is 5.32 Å². The Morgan fingerprint density at radius 1 is 1.57 bits per heavy atom. The first kappa shape index (κ1) is 18.3. The van der Waals surface area contributed by atoms with Crippen LogP contribution < -0.4 is 11.1 Å². The van der Waals surface area contributed by atoms with E-state index >= 15 is 0 Å². The summed E-state index contributed by atoms with van der Waals surface area (Å²) in [4.78, 5) is 28.6. The van der Waals surface area contributed by atoms with Gasteiger partial charge in [-0.1, -0.05) is 0 Å². The van der Waals surface area contributed by atoms with Gasteiger partial charge in [0.25, 0.3) is 0 Å². The summed E-state index contributed by atoms with van der Waals surface area (Å²) in [5.41, 5.74) is 3.73. The molecule has 2 atom stereocenters. The molecule has 1 amide bonds. The predicted molar refractivity (Wildman–Crippen MR) is 89.1 cm³/mol. The van der Waals surface area contributed by atoms with Crippen LogP contribution in [0, 0.1) is 0 Å². The molecule has 0 spiro atoms. The standard InChI is InChI=1S/C14H22N4O3SSe/c1-14(2,3)21-13(20)18-8-16-6-10(18)11(15)12(19)17-9-4-5-22-23-7-9/h6,8-9,11H,4-5,7,15H2,1-3H3,(H,17,19)/p+1/t9-,11-/m0/s1. The first-order valence-corrected chi connectivity index (χ1v) is 11.6. The number of nitrogens with zero attached hydrogens (tertiary/aromatic N) is 2. The van der Waals surface area contributed by atoms with Crippen molar-refractivity contribution in [3.63, 3.8) is 0 Å². The van der Waals surface area contributed by atoms with Gasteiger partial charge in [-0.2, -0.15) is 0 Å². The number of hydrogen-bond donors (Lipinski definition) is 2. The minimum absolute atomic E-state index is 0.178. The van der Waals surface area contributed by atoms with Gasteiger partial charge in [0, 0.05) is 0 Å². The van der Waals surface area contributed by atoms with E-state index in [9.17, 15) is 9.59 Å². The van der Waals surface area contributed by atoms with Gasteiger partial charge in [0.1, 0.15) is 0 Å². The van der Waals surface area contributed by atoms with Crippen molar-refractivity contribution in [2.24, 2.45) is 0 Å². The molecule has 0 unspecified atom stereocenters. The van der Waals surface area contributed by atoms with Gasteiger partial charge in [0.05, 0.1) is 0 Å². The summed E-state index contributed by atoms with van der Waals surface area (Å²) in [6.45, 7) is 5.37. The molecule has 1 aromatic heterocycles. The number of carbonyl (C=O) groups is 2. The van der Waals surface area contributed by atoms with Gasteiger partial charge in [0.2, 0.25) is 0 Å². The van der Waals surface area contributed by atoms with E-state index in [-0.39, 0.29) is 11.9 Å². The molecule has 128 valence electrons. The monoisotopic (exact) mass is 407 g/mol. The molecule has 0 aromatic carbocycles. The van der Waals surface area contributed by atoms with Crippen molar-refractivity contribution in [3.8, 4) is 0 Å². The third-order valence-electron chi connectivity index (χ3n) is 3.18. The molecular formula is C14H23N4O3SSe+. The number of aromatic nitrogens is 2. The summed E-state index contributed by atoms with van der Waals surface area (Å²) in [6, 6.07) is -0.488. The van der Waals surface area contributed by atoms with E-state index < -0.39 is 17.7 Å². The van der Waals surface area contributed by atoms with Crippen LogP contribution in [0.15, 0.2) is 12.5 Å². The third-order valence-corrected chi connectivity index (χ3v) is 7.68. The van der Waals surface area contributed by atoms with Gasteiger partial charge in [-0.25, -0.2) is 0 Å². The van der Waals surface area contributed by atoms with Crippen molar-refractivity contribution < 1.29 is 20.1 Å². The van der Waals surface area contributed by atoms with Crippen LogP contribution in [0.3, 0.4) is 0 Å². The summed E-state index contributed by atoms with van der Waals surface area (Å²) in [5, 5.41) is 4.06. The van der Waals surface area contributed by atoms with Crippen molar-refractivity contribution >= 4 is 36.0 Å². The summed E-state index contributed by atoms with van der Waals surface area (Å²) in [7, 11) is 1.96. The Balaban J connectivity index is 2.04. The Bertz CT molecular complexity index is 567. The number of imidazole rings is 1. The first-order valence-electron chi connectivity index (χ1n) is 7.41. The van der Waals surface area contributed by atoms with Gasteiger partial charge in [-0.15, -0.1) is 0 Å². The Hall–Kier alpha value is -1.02. The third kappa shape index (κ3) is 5.24. The van der Waals surface area contributed by atoms with E-state index in [0.29, 0.717) is 19.5 Å². The SMILES string of the molecule is CC(C)(C)OC(=O)n1cncc1[C@H]([NH3+])C(=O)N[C@H]1CCS[Se]C1. The van der Waals surface area contributed by atoms with E-state index in [1.807, 2.05) is 10.2 Å². The number of nitrogens with one attached hydrogen (secondary N) is 1. The summed E-state index contributed by atoms with van der Waals surface area (Å²) in [5.74, 6) is 0.908. The van der Waals surface area contributed by atoms with Gasteiger partial charge in [-0.05, 0) is 0 Å². The fourth-order valence-corrected chi connectivity index (χ4v) is 6.31. The average molecular weight is 406 g/mol. The summed E-state index contributed by atoms with van der Waals surface area (Å²) < 4.78 is 6.58. The Morgan fingerprint density at radius 2 is 2.30 bits per heavy atom. The molecule has 9 heteroatoms. The molecule has 2 rings (SSSR count). The predicted octanol–water partition coefficient (Wildman–Crippen LogP) is 0.609. The molecule has 0 bridgehead atoms. The zero-order valence-corrected chi connectivity index (χ0v) is 16.1. The number of rotatable bonds is 3. The van der Waals surface area contributed by atoms with E-state index in [0.717, 1.165) is 17.5 Å². The quantitative estimate of drug-likeness (QED) is 0.717. The van der Waals surface area contributed by atoms with Crippen LogP contribution in [0.1, 0.15) is 38.9 Å². The van der Waals surface area contributed by atoms with Crippen LogP contribution in [-0.2, 0) is 9.53 Å². The molecule has 1 aliphatic rings. The number of carbonyl (C=O) groups excluding carboxylic acids is 2. The van der Waals surface area contributed by atoms with E-state index in [4.69, 9.17) is 4.74 Å². The van der Waals surface area contributed by atoms with Crippen molar-refractivity contribution in [1.29, 1.82) is 0 Å². The average Bonchev–Trinajstić information content (AvgIpc) is 2.95. The Kier molecular flexibility index (Phi) is 6.13. The number of hydrogen-bond acceptors (Lipinski definition) is 5. The van der Waals surface area contributed by atoms with Gasteiger partial charge in [0.15, 0.2) is 0 Å². The Labute approximate surface area is 145 Å². The zero-order valence-electron chi connectivity index (χ0n) is 13.6. The van der Waals surface area contributed by atoms with E-state index in [2.05, 4.69) is 16.0 Å². The van der Waals surface area contributed by atoms with Crippen molar-refractivity contribution in [1.82, 2.24) is 14.9 Å².